The largest absolute Gasteiger partial charge is 0.359 e. The van der Waals surface area contributed by atoms with Gasteiger partial charge in [0.05, 0.1) is 33.3 Å². The Morgan fingerprint density at radius 3 is 2.68 bits per heavy atom. The first-order chi connectivity index (χ1) is 11.8. The summed E-state index contributed by atoms with van der Waals surface area (Å²) in [6.45, 7) is 0.186. The first-order valence-corrected chi connectivity index (χ1v) is 10.4. The van der Waals surface area contributed by atoms with E-state index in [9.17, 15) is 8.42 Å². The smallest absolute Gasteiger partial charge is 0.234 e. The molecule has 10 heteroatoms. The van der Waals surface area contributed by atoms with Crippen LogP contribution in [0.15, 0.2) is 36.9 Å². The van der Waals surface area contributed by atoms with E-state index in [-0.39, 0.29) is 12.3 Å². The van der Waals surface area contributed by atoms with Crippen molar-refractivity contribution in [2.24, 2.45) is 0 Å². The van der Waals surface area contributed by atoms with E-state index in [2.05, 4.69) is 9.97 Å². The minimum absolute atomic E-state index is 0.186. The topological polar surface area (TPSA) is 68.1 Å². The lowest BCUT2D eigenvalue weighted by atomic mass is 10.1. The van der Waals surface area contributed by atoms with Gasteiger partial charge in [0.1, 0.15) is 5.82 Å². The number of rotatable bonds is 5. The van der Waals surface area contributed by atoms with Crippen LogP contribution in [0, 0.1) is 0 Å². The zero-order valence-corrected chi connectivity index (χ0v) is 16.1. The summed E-state index contributed by atoms with van der Waals surface area (Å²) in [6, 6.07) is 5.37. The molecule has 0 amide bonds. The number of halogens is 3. The molecule has 0 fully saturated rings. The van der Waals surface area contributed by atoms with E-state index < -0.39 is 9.05 Å². The number of anilines is 1. The van der Waals surface area contributed by atoms with Gasteiger partial charge in [-0.25, -0.2) is 18.4 Å². The Bertz CT molecular complexity index is 1020. The highest BCUT2D eigenvalue weighted by Crippen LogP contribution is 2.34. The number of hydrogen-bond donors (Lipinski definition) is 0. The Balaban J connectivity index is 2.15. The summed E-state index contributed by atoms with van der Waals surface area (Å²) >= 11 is 12.4. The molecule has 0 unspecified atom stereocenters. The van der Waals surface area contributed by atoms with Crippen molar-refractivity contribution in [1.29, 1.82) is 0 Å². The average Bonchev–Trinajstić information content (AvgIpc) is 3.09. The molecule has 0 saturated carbocycles. The van der Waals surface area contributed by atoms with Gasteiger partial charge in [-0.05, 0) is 12.1 Å². The number of fused-ring (bicyclic) bond motifs is 1. The van der Waals surface area contributed by atoms with Gasteiger partial charge < -0.3 is 9.47 Å². The van der Waals surface area contributed by atoms with Gasteiger partial charge in [-0.3, -0.25) is 0 Å². The predicted molar refractivity (Wildman–Crippen MR) is 102 cm³/mol. The van der Waals surface area contributed by atoms with Crippen molar-refractivity contribution in [3.8, 4) is 5.69 Å². The molecule has 0 bridgehead atoms. The number of aromatic nitrogens is 3. The highest BCUT2D eigenvalue weighted by Gasteiger charge is 2.16. The van der Waals surface area contributed by atoms with Crippen LogP contribution in [-0.2, 0) is 9.05 Å². The van der Waals surface area contributed by atoms with E-state index in [1.54, 1.807) is 36.7 Å². The van der Waals surface area contributed by atoms with E-state index in [4.69, 9.17) is 33.9 Å². The molecule has 0 aliphatic rings. The molecular weight excluding hydrogens is 407 g/mol. The Labute approximate surface area is 159 Å². The summed E-state index contributed by atoms with van der Waals surface area (Å²) in [5.74, 6) is 0.342. The number of pyridine rings is 1. The highest BCUT2D eigenvalue weighted by atomic mass is 35.7. The van der Waals surface area contributed by atoms with Gasteiger partial charge in [-0.15, -0.1) is 0 Å². The SMILES string of the molecule is CN(CCS(=O)(=O)Cl)c1cc(-n2ccnc2)c2ccc(Cl)c(Cl)c2n1. The van der Waals surface area contributed by atoms with Crippen LogP contribution in [0.25, 0.3) is 16.6 Å². The molecule has 0 radical (unpaired) electrons. The summed E-state index contributed by atoms with van der Waals surface area (Å²) < 4.78 is 24.2. The van der Waals surface area contributed by atoms with Crippen molar-refractivity contribution >= 4 is 59.7 Å². The fraction of sp³-hybridized carbons (Fsp3) is 0.200. The Morgan fingerprint density at radius 2 is 2.04 bits per heavy atom. The molecule has 0 atom stereocenters. The van der Waals surface area contributed by atoms with Crippen molar-refractivity contribution in [2.45, 2.75) is 0 Å². The van der Waals surface area contributed by atoms with Crippen LogP contribution < -0.4 is 4.90 Å². The van der Waals surface area contributed by atoms with Gasteiger partial charge in [-0.1, -0.05) is 23.2 Å². The van der Waals surface area contributed by atoms with Crippen LogP contribution in [0.4, 0.5) is 5.82 Å². The first kappa shape index (κ1) is 18.3. The van der Waals surface area contributed by atoms with Gasteiger partial charge >= 0.3 is 0 Å². The third kappa shape index (κ3) is 4.00. The van der Waals surface area contributed by atoms with Crippen LogP contribution in [0.2, 0.25) is 10.0 Å². The van der Waals surface area contributed by atoms with Crippen molar-refractivity contribution in [1.82, 2.24) is 14.5 Å². The normalized spacial score (nSPS) is 11.8. The second-order valence-corrected chi connectivity index (χ2v) is 9.07. The van der Waals surface area contributed by atoms with Gasteiger partial charge in [0.2, 0.25) is 9.05 Å². The molecule has 132 valence electrons. The molecule has 2 heterocycles. The molecule has 0 spiro atoms. The summed E-state index contributed by atoms with van der Waals surface area (Å²) in [7, 11) is 3.42. The molecule has 3 aromatic rings. The summed E-state index contributed by atoms with van der Waals surface area (Å²) in [4.78, 5) is 10.3. The monoisotopic (exact) mass is 418 g/mol. The molecule has 3 rings (SSSR count). The first-order valence-electron chi connectivity index (χ1n) is 7.17. The Kier molecular flexibility index (Phi) is 5.11. The fourth-order valence-electron chi connectivity index (χ4n) is 2.37. The van der Waals surface area contributed by atoms with Crippen molar-refractivity contribution in [2.75, 3.05) is 24.2 Å². The van der Waals surface area contributed by atoms with Crippen molar-refractivity contribution < 1.29 is 8.42 Å². The minimum Gasteiger partial charge on any atom is -0.359 e. The lowest BCUT2D eigenvalue weighted by Gasteiger charge is -2.20. The minimum atomic E-state index is -3.60. The molecule has 0 aliphatic heterocycles. The van der Waals surface area contributed by atoms with Crippen molar-refractivity contribution in [3.05, 3.63) is 47.0 Å². The maximum atomic E-state index is 11.2. The number of nitrogens with zero attached hydrogens (tertiary/aromatic N) is 4. The maximum Gasteiger partial charge on any atom is 0.234 e. The van der Waals surface area contributed by atoms with E-state index in [0.717, 1.165) is 11.1 Å². The summed E-state index contributed by atoms with van der Waals surface area (Å²) in [5.41, 5.74) is 1.33. The zero-order valence-electron chi connectivity index (χ0n) is 13.0. The van der Waals surface area contributed by atoms with Crippen LogP contribution in [-0.4, -0.2) is 42.3 Å². The molecule has 6 nitrogen and oxygen atoms in total. The summed E-state index contributed by atoms with van der Waals surface area (Å²) in [5, 5.41) is 1.52. The van der Waals surface area contributed by atoms with Gasteiger partial charge in [0.15, 0.2) is 0 Å². The van der Waals surface area contributed by atoms with Gasteiger partial charge in [0, 0.05) is 48.1 Å². The summed E-state index contributed by atoms with van der Waals surface area (Å²) in [6.07, 6.45) is 5.11. The predicted octanol–water partition coefficient (Wildman–Crippen LogP) is 3.73. The molecule has 25 heavy (non-hydrogen) atoms. The lowest BCUT2D eigenvalue weighted by molar-refractivity contribution is 0.608. The average molecular weight is 420 g/mol. The lowest BCUT2D eigenvalue weighted by Crippen LogP contribution is -2.24. The number of benzene rings is 1. The molecule has 1 aromatic carbocycles. The van der Waals surface area contributed by atoms with E-state index >= 15 is 0 Å². The van der Waals surface area contributed by atoms with E-state index in [1.165, 1.54) is 0 Å². The molecular formula is C15H13Cl3N4O2S. The van der Waals surface area contributed by atoms with Crippen LogP contribution in [0.5, 0.6) is 0 Å². The van der Waals surface area contributed by atoms with E-state index in [1.807, 2.05) is 16.7 Å². The molecule has 0 saturated heterocycles. The van der Waals surface area contributed by atoms with Crippen LogP contribution in [0.3, 0.4) is 0 Å². The number of hydrogen-bond acceptors (Lipinski definition) is 5. The third-order valence-corrected chi connectivity index (χ3v) is 5.61. The molecule has 0 aliphatic carbocycles. The third-order valence-electron chi connectivity index (χ3n) is 3.68. The quantitative estimate of drug-likeness (QED) is 0.589. The fourth-order valence-corrected chi connectivity index (χ4v) is 3.43. The second-order valence-electron chi connectivity index (χ2n) is 5.39. The van der Waals surface area contributed by atoms with Crippen molar-refractivity contribution in [3.63, 3.8) is 0 Å². The Hall–Kier alpha value is -1.54. The molecule has 0 N–H and O–H groups in total. The second kappa shape index (κ2) is 6.99. The maximum absolute atomic E-state index is 11.2. The van der Waals surface area contributed by atoms with Gasteiger partial charge in [-0.2, -0.15) is 0 Å². The zero-order chi connectivity index (χ0) is 18.2. The van der Waals surface area contributed by atoms with Crippen LogP contribution >= 0.6 is 33.9 Å². The van der Waals surface area contributed by atoms with Gasteiger partial charge in [0.25, 0.3) is 0 Å². The standard InChI is InChI=1S/C15H13Cl3N4O2S/c1-21(6-7-25(18,23)24)13-8-12(22-5-4-19-9-22)10-2-3-11(16)14(17)15(10)20-13/h2-5,8-9H,6-7H2,1H3. The highest BCUT2D eigenvalue weighted by molar-refractivity contribution is 8.13. The van der Waals surface area contributed by atoms with Crippen LogP contribution in [0.1, 0.15) is 0 Å². The molecule has 2 aromatic heterocycles. The van der Waals surface area contributed by atoms with E-state index in [0.29, 0.717) is 21.4 Å². The number of imidazole rings is 1. The Morgan fingerprint density at radius 1 is 1.28 bits per heavy atom.